The van der Waals surface area contributed by atoms with E-state index in [4.69, 9.17) is 9.15 Å². The number of hydrogen-bond acceptors (Lipinski definition) is 4. The van der Waals surface area contributed by atoms with Gasteiger partial charge in [-0.3, -0.25) is 9.59 Å². The Kier molecular flexibility index (Phi) is 8.75. The van der Waals surface area contributed by atoms with Crippen LogP contribution in [0.3, 0.4) is 0 Å². The number of nitrogens with zero attached hydrogens (tertiary/aromatic N) is 1. The Morgan fingerprint density at radius 2 is 1.89 bits per heavy atom. The molecular weight excluding hydrogens is 356 g/mol. The largest absolute Gasteiger partial charge is 0.466 e. The van der Waals surface area contributed by atoms with Crippen LogP contribution in [0, 0.1) is 13.8 Å². The Hall–Kier alpha value is -2.60. The van der Waals surface area contributed by atoms with Crippen molar-refractivity contribution in [2.75, 3.05) is 33.4 Å². The summed E-state index contributed by atoms with van der Waals surface area (Å²) in [4.78, 5) is 26.8. The highest BCUT2D eigenvalue weighted by Crippen LogP contribution is 2.16. The van der Waals surface area contributed by atoms with Gasteiger partial charge in [0, 0.05) is 39.8 Å². The van der Waals surface area contributed by atoms with Crippen LogP contribution in [0.2, 0.25) is 0 Å². The molecule has 0 saturated heterocycles. The van der Waals surface area contributed by atoms with E-state index in [1.54, 1.807) is 25.0 Å². The Morgan fingerprint density at radius 3 is 2.54 bits per heavy atom. The molecule has 1 heterocycles. The van der Waals surface area contributed by atoms with Crippen molar-refractivity contribution in [3.8, 4) is 0 Å². The third kappa shape index (κ3) is 6.85. The Morgan fingerprint density at radius 1 is 1.14 bits per heavy atom. The number of hydrogen-bond donors (Lipinski definition) is 1. The van der Waals surface area contributed by atoms with Gasteiger partial charge in [-0.15, -0.1) is 0 Å². The van der Waals surface area contributed by atoms with Crippen molar-refractivity contribution in [1.29, 1.82) is 0 Å². The smallest absolute Gasteiger partial charge is 0.257 e. The number of aryl methyl sites for hydroxylation is 2. The van der Waals surface area contributed by atoms with Crippen LogP contribution in [-0.4, -0.2) is 50.1 Å². The second-order valence-electron chi connectivity index (χ2n) is 6.80. The maximum atomic E-state index is 12.9. The summed E-state index contributed by atoms with van der Waals surface area (Å²) in [5.41, 5.74) is 1.74. The summed E-state index contributed by atoms with van der Waals surface area (Å²) in [7, 11) is 1.63. The van der Waals surface area contributed by atoms with Gasteiger partial charge in [0.05, 0.1) is 5.56 Å². The fourth-order valence-electron chi connectivity index (χ4n) is 3.04. The standard InChI is InChI=1S/C22H30N2O4/c1-17-16-20(18(2)28-17)22(26)24(13-7-15-27-3)14-11-21(25)23-12-10-19-8-5-4-6-9-19/h4-6,8-9,16H,7,10-15H2,1-3H3,(H,23,25). The molecule has 1 N–H and O–H groups in total. The topological polar surface area (TPSA) is 71.8 Å². The first-order valence-electron chi connectivity index (χ1n) is 9.67. The molecule has 6 heteroatoms. The van der Waals surface area contributed by atoms with Crippen molar-refractivity contribution >= 4 is 11.8 Å². The second-order valence-corrected chi connectivity index (χ2v) is 6.80. The van der Waals surface area contributed by atoms with E-state index in [0.29, 0.717) is 49.7 Å². The van der Waals surface area contributed by atoms with Gasteiger partial charge >= 0.3 is 0 Å². The van der Waals surface area contributed by atoms with Crippen molar-refractivity contribution in [2.24, 2.45) is 0 Å². The highest BCUT2D eigenvalue weighted by Gasteiger charge is 2.21. The van der Waals surface area contributed by atoms with Crippen molar-refractivity contribution in [1.82, 2.24) is 10.2 Å². The molecule has 0 unspecified atom stereocenters. The van der Waals surface area contributed by atoms with E-state index in [2.05, 4.69) is 5.32 Å². The Bertz CT molecular complexity index is 755. The molecule has 0 aliphatic rings. The van der Waals surface area contributed by atoms with Crippen LogP contribution < -0.4 is 5.32 Å². The van der Waals surface area contributed by atoms with Gasteiger partial charge in [-0.25, -0.2) is 0 Å². The minimum absolute atomic E-state index is 0.0550. The number of rotatable bonds is 11. The molecule has 0 atom stereocenters. The second kappa shape index (κ2) is 11.3. The van der Waals surface area contributed by atoms with Gasteiger partial charge < -0.3 is 19.4 Å². The highest BCUT2D eigenvalue weighted by molar-refractivity contribution is 5.95. The lowest BCUT2D eigenvalue weighted by Crippen LogP contribution is -2.36. The molecule has 0 saturated carbocycles. The lowest BCUT2D eigenvalue weighted by molar-refractivity contribution is -0.121. The van der Waals surface area contributed by atoms with Crippen LogP contribution in [-0.2, 0) is 16.0 Å². The number of benzene rings is 1. The quantitative estimate of drug-likeness (QED) is 0.602. The summed E-state index contributed by atoms with van der Waals surface area (Å²) < 4.78 is 10.6. The van der Waals surface area contributed by atoms with Gasteiger partial charge in [0.1, 0.15) is 11.5 Å². The monoisotopic (exact) mass is 386 g/mol. The number of methoxy groups -OCH3 is 1. The summed E-state index contributed by atoms with van der Waals surface area (Å²) in [5, 5.41) is 2.93. The molecule has 2 aromatic rings. The van der Waals surface area contributed by atoms with Crippen LogP contribution in [0.5, 0.6) is 0 Å². The molecule has 0 fully saturated rings. The van der Waals surface area contributed by atoms with E-state index < -0.39 is 0 Å². The normalized spacial score (nSPS) is 10.7. The average Bonchev–Trinajstić information content (AvgIpc) is 3.03. The molecule has 0 spiro atoms. The molecule has 2 amide bonds. The molecule has 2 rings (SSSR count). The number of nitrogens with one attached hydrogen (secondary N) is 1. The molecule has 6 nitrogen and oxygen atoms in total. The molecule has 1 aromatic carbocycles. The molecule has 28 heavy (non-hydrogen) atoms. The van der Waals surface area contributed by atoms with Crippen molar-refractivity contribution in [3.63, 3.8) is 0 Å². The van der Waals surface area contributed by atoms with Crippen LogP contribution >= 0.6 is 0 Å². The molecule has 0 radical (unpaired) electrons. The molecule has 0 aliphatic heterocycles. The van der Waals surface area contributed by atoms with E-state index in [9.17, 15) is 9.59 Å². The van der Waals surface area contributed by atoms with Gasteiger partial charge in [-0.2, -0.15) is 0 Å². The average molecular weight is 386 g/mol. The predicted octanol–water partition coefficient (Wildman–Crippen LogP) is 3.12. The first-order valence-corrected chi connectivity index (χ1v) is 9.67. The van der Waals surface area contributed by atoms with Crippen LogP contribution in [0.4, 0.5) is 0 Å². The van der Waals surface area contributed by atoms with E-state index in [1.165, 1.54) is 5.56 Å². The number of carbonyl (C=O) groups excluding carboxylic acids is 2. The van der Waals surface area contributed by atoms with Crippen LogP contribution in [0.25, 0.3) is 0 Å². The fourth-order valence-corrected chi connectivity index (χ4v) is 3.04. The zero-order valence-corrected chi connectivity index (χ0v) is 17.0. The summed E-state index contributed by atoms with van der Waals surface area (Å²) in [6.07, 6.45) is 1.77. The first kappa shape index (κ1) is 21.7. The zero-order valence-electron chi connectivity index (χ0n) is 17.0. The molecule has 1 aromatic heterocycles. The minimum atomic E-state index is -0.109. The van der Waals surface area contributed by atoms with E-state index in [0.717, 1.165) is 6.42 Å². The third-order valence-electron chi connectivity index (χ3n) is 4.52. The lowest BCUT2D eigenvalue weighted by atomic mass is 10.1. The number of carbonyl (C=O) groups is 2. The zero-order chi connectivity index (χ0) is 20.4. The van der Waals surface area contributed by atoms with Crippen molar-refractivity contribution in [3.05, 3.63) is 59.0 Å². The van der Waals surface area contributed by atoms with Crippen LogP contribution in [0.1, 0.15) is 40.3 Å². The first-order chi connectivity index (χ1) is 13.5. The van der Waals surface area contributed by atoms with Crippen molar-refractivity contribution in [2.45, 2.75) is 33.1 Å². The van der Waals surface area contributed by atoms with Crippen molar-refractivity contribution < 1.29 is 18.7 Å². The third-order valence-corrected chi connectivity index (χ3v) is 4.52. The lowest BCUT2D eigenvalue weighted by Gasteiger charge is -2.22. The summed E-state index contributed by atoms with van der Waals surface area (Å²) in [5.74, 6) is 1.14. The molecule has 152 valence electrons. The van der Waals surface area contributed by atoms with Gasteiger partial charge in [-0.1, -0.05) is 30.3 Å². The summed E-state index contributed by atoms with van der Waals surface area (Å²) >= 11 is 0. The molecular formula is C22H30N2O4. The Balaban J connectivity index is 1.86. The minimum Gasteiger partial charge on any atom is -0.466 e. The SMILES string of the molecule is COCCCN(CCC(=O)NCCc1ccccc1)C(=O)c1cc(C)oc1C. The highest BCUT2D eigenvalue weighted by atomic mass is 16.5. The number of ether oxygens (including phenoxy) is 1. The fraction of sp³-hybridized carbons (Fsp3) is 0.455. The predicted molar refractivity (Wildman–Crippen MR) is 108 cm³/mol. The van der Waals surface area contributed by atoms with Gasteiger partial charge in [-0.05, 0) is 38.3 Å². The van der Waals surface area contributed by atoms with Gasteiger partial charge in [0.2, 0.25) is 5.91 Å². The van der Waals surface area contributed by atoms with E-state index in [-0.39, 0.29) is 18.2 Å². The van der Waals surface area contributed by atoms with Gasteiger partial charge in [0.15, 0.2) is 0 Å². The summed E-state index contributed by atoms with van der Waals surface area (Å²) in [6.45, 7) is 5.65. The summed E-state index contributed by atoms with van der Waals surface area (Å²) in [6, 6.07) is 11.8. The number of amides is 2. The van der Waals surface area contributed by atoms with E-state index >= 15 is 0 Å². The van der Waals surface area contributed by atoms with Crippen LogP contribution in [0.15, 0.2) is 40.8 Å². The number of furan rings is 1. The molecule has 0 aliphatic carbocycles. The van der Waals surface area contributed by atoms with E-state index in [1.807, 2.05) is 37.3 Å². The maximum Gasteiger partial charge on any atom is 0.257 e. The van der Waals surface area contributed by atoms with Gasteiger partial charge in [0.25, 0.3) is 5.91 Å². The Labute approximate surface area is 166 Å². The molecule has 0 bridgehead atoms. The maximum absolute atomic E-state index is 12.9.